The Labute approximate surface area is 548 Å². The molecule has 5 N–H and O–H groups in total. The number of hydrogen-bond acceptors (Lipinski definition) is 15. The Hall–Kier alpha value is -5.60. The van der Waals surface area contributed by atoms with Gasteiger partial charge in [0.05, 0.1) is 17.8 Å². The van der Waals surface area contributed by atoms with E-state index in [1.165, 1.54) is 106 Å². The molecule has 0 spiro atoms. The SMILES string of the molecule is CC[C@@H]1NC(=O)[C@H]([C@@H]2OC(C)C[C@H]2C)N(C)C(=O)C(C(C)C)N(C)C(=O)[C@H](CC(C)C)N(C)C(=O)[C@H](CC(C)C)N(C)C(=O)[C@@H](C)NC(=O)[C@H](C)NC(=O)[C@H](CC(C)C)N(C)C(=O)C(C(C)C)NC(=O)[C@H](CC(C)(C)O)N(C)C(=O)[C@@H](SCCN(C)C)N(C)C1=O. The van der Waals surface area contributed by atoms with E-state index in [1.54, 1.807) is 34.6 Å². The van der Waals surface area contributed by atoms with Crippen LogP contribution in [0.5, 0.6) is 0 Å². The topological polar surface area (TPSA) is 291 Å². The number of thioether (sulfide) groups is 1. The van der Waals surface area contributed by atoms with E-state index < -0.39 is 154 Å². The third kappa shape index (κ3) is 22.6. The molecule has 2 heterocycles. The summed E-state index contributed by atoms with van der Waals surface area (Å²) < 4.78 is 6.43. The number of likely N-dealkylation sites (N-methyl/N-ethyl adjacent to an activating group) is 7. The lowest BCUT2D eigenvalue weighted by Crippen LogP contribution is -2.63. The number of amides is 11. The highest BCUT2D eigenvalue weighted by Gasteiger charge is 2.49. The molecule has 91 heavy (non-hydrogen) atoms. The molecule has 26 heteroatoms. The van der Waals surface area contributed by atoms with Gasteiger partial charge in [-0.25, -0.2) is 0 Å². The molecule has 2 aliphatic rings. The summed E-state index contributed by atoms with van der Waals surface area (Å²) in [7, 11) is 13.8. The fourth-order valence-corrected chi connectivity index (χ4v) is 13.2. The maximum Gasteiger partial charge on any atom is 0.256 e. The quantitative estimate of drug-likeness (QED) is 0.149. The molecule has 0 saturated carbocycles. The average molecular weight is 1310 g/mol. The van der Waals surface area contributed by atoms with E-state index in [0.717, 1.165) is 16.7 Å². The number of carbonyl (C=O) groups excluding carboxylic acids is 11. The van der Waals surface area contributed by atoms with Gasteiger partial charge in [0.1, 0.15) is 60.4 Å². The molecule has 11 amide bonds. The van der Waals surface area contributed by atoms with Crippen molar-refractivity contribution in [2.75, 3.05) is 75.7 Å². The molecule has 0 aromatic rings. The van der Waals surface area contributed by atoms with E-state index in [4.69, 9.17) is 4.74 Å². The Kier molecular flexibility index (Phi) is 31.9. The van der Waals surface area contributed by atoms with Crippen molar-refractivity contribution in [2.45, 2.75) is 240 Å². The molecule has 522 valence electrons. The molecule has 2 rings (SSSR count). The van der Waals surface area contributed by atoms with Crippen LogP contribution in [0.4, 0.5) is 0 Å². The zero-order valence-electron chi connectivity index (χ0n) is 60.0. The van der Waals surface area contributed by atoms with Crippen LogP contribution in [-0.4, -0.2) is 269 Å². The minimum absolute atomic E-state index is 0.0305. The lowest BCUT2D eigenvalue weighted by atomic mass is 9.92. The molecular formula is C65H118N12O13S. The molecule has 0 aliphatic carbocycles. The van der Waals surface area contributed by atoms with Crippen LogP contribution in [0.1, 0.15) is 156 Å². The molecule has 2 aliphatic heterocycles. The van der Waals surface area contributed by atoms with Gasteiger partial charge in [0.2, 0.25) is 59.1 Å². The van der Waals surface area contributed by atoms with Crippen LogP contribution in [-0.2, 0) is 57.5 Å². The smallest absolute Gasteiger partial charge is 0.256 e. The van der Waals surface area contributed by atoms with Gasteiger partial charge in [0.25, 0.3) is 5.91 Å². The number of rotatable bonds is 16. The molecule has 2 saturated heterocycles. The van der Waals surface area contributed by atoms with Crippen molar-refractivity contribution < 1.29 is 62.6 Å². The summed E-state index contributed by atoms with van der Waals surface area (Å²) in [4.78, 5) is 174. The number of carbonyl (C=O) groups is 11. The summed E-state index contributed by atoms with van der Waals surface area (Å²) in [6.45, 7) is 29.9. The fourth-order valence-electron chi connectivity index (χ4n) is 11.9. The molecule has 0 aromatic carbocycles. The van der Waals surface area contributed by atoms with Gasteiger partial charge in [0.15, 0.2) is 5.37 Å². The minimum atomic E-state index is -1.57. The van der Waals surface area contributed by atoms with E-state index in [2.05, 4.69) is 21.3 Å². The predicted octanol–water partition coefficient (Wildman–Crippen LogP) is 2.86. The Bertz CT molecular complexity index is 2510. The highest BCUT2D eigenvalue weighted by Crippen LogP contribution is 2.32. The zero-order chi connectivity index (χ0) is 70.3. The van der Waals surface area contributed by atoms with Crippen molar-refractivity contribution in [2.24, 2.45) is 35.5 Å². The molecule has 0 radical (unpaired) electrons. The molecule has 3 unspecified atom stereocenters. The van der Waals surface area contributed by atoms with Gasteiger partial charge in [-0.15, -0.1) is 11.8 Å². The third-order valence-electron chi connectivity index (χ3n) is 17.3. The van der Waals surface area contributed by atoms with Crippen LogP contribution in [0.2, 0.25) is 0 Å². The zero-order valence-corrected chi connectivity index (χ0v) is 60.8. The van der Waals surface area contributed by atoms with E-state index in [0.29, 0.717) is 18.7 Å². The van der Waals surface area contributed by atoms with Crippen LogP contribution in [0.3, 0.4) is 0 Å². The lowest BCUT2D eigenvalue weighted by molar-refractivity contribution is -0.158. The normalized spacial score (nSPS) is 29.5. The first-order valence-electron chi connectivity index (χ1n) is 32.6. The molecule has 2 fully saturated rings. The summed E-state index contributed by atoms with van der Waals surface area (Å²) in [5.74, 6) is -8.98. The summed E-state index contributed by atoms with van der Waals surface area (Å²) in [5.41, 5.74) is -1.57. The second kappa shape index (κ2) is 35.6. The Morgan fingerprint density at radius 1 is 0.527 bits per heavy atom. The second-order valence-electron chi connectivity index (χ2n) is 28.6. The number of hydrogen-bond donors (Lipinski definition) is 5. The maximum absolute atomic E-state index is 15.4. The number of aliphatic hydroxyl groups is 1. The largest absolute Gasteiger partial charge is 0.390 e. The molecule has 14 atom stereocenters. The van der Waals surface area contributed by atoms with Gasteiger partial charge in [0, 0.05) is 68.1 Å². The van der Waals surface area contributed by atoms with Crippen LogP contribution in [0.25, 0.3) is 0 Å². The van der Waals surface area contributed by atoms with Gasteiger partial charge in [-0.2, -0.15) is 0 Å². The van der Waals surface area contributed by atoms with Gasteiger partial charge in [-0.3, -0.25) is 52.7 Å². The van der Waals surface area contributed by atoms with E-state index in [9.17, 15) is 29.1 Å². The number of nitrogens with one attached hydrogen (secondary N) is 4. The van der Waals surface area contributed by atoms with E-state index in [-0.39, 0.29) is 61.9 Å². The van der Waals surface area contributed by atoms with E-state index in [1.807, 2.05) is 74.4 Å². The number of nitrogens with zero attached hydrogens (tertiary/aromatic N) is 8. The van der Waals surface area contributed by atoms with Crippen molar-refractivity contribution in [3.63, 3.8) is 0 Å². The average Bonchev–Trinajstić information content (AvgIpc) is 1.97. The first-order chi connectivity index (χ1) is 41.8. The van der Waals surface area contributed by atoms with Crippen molar-refractivity contribution in [1.82, 2.24) is 60.5 Å². The molecule has 25 nitrogen and oxygen atoms in total. The van der Waals surface area contributed by atoms with Crippen LogP contribution >= 0.6 is 11.8 Å². The molecule has 0 aromatic heterocycles. The first kappa shape index (κ1) is 81.5. The van der Waals surface area contributed by atoms with Gasteiger partial charge in [-0.05, 0) is 116 Å². The summed E-state index contributed by atoms with van der Waals surface area (Å²) >= 11 is 1.12. The third-order valence-corrected chi connectivity index (χ3v) is 18.6. The standard InChI is InChI=1S/C65H118N12O13S/c1-27-44-58(83)77(26)64(91-29-28-70(18)19)63(88)74(23)48(34-65(16,17)89)55(80)69-49(38(8)9)61(86)71(20)45(30-35(2)3)54(79)66-42(14)53(78)67-43(15)57(82)72(21)46(31-36(4)5)59(84)73(22)47(32-37(6)7)60(85)75(24)50(39(10)11)62(87)76(25)51(56(81)68-44)52-40(12)33-41(13)90-52/h35-52,64,89H,27-34H2,1-26H3,(H,66,79)(H,67,78)(H,68,81)(H,69,80)/t40-,41?,42+,43-,44+,45+,46+,47+,48+,49?,50?,51+,52-,64-/m1/s1. The van der Waals surface area contributed by atoms with Crippen LogP contribution in [0, 0.1) is 35.5 Å². The monoisotopic (exact) mass is 1310 g/mol. The number of ether oxygens (including phenoxy) is 1. The first-order valence-corrected chi connectivity index (χ1v) is 33.6. The summed E-state index contributed by atoms with van der Waals surface area (Å²) in [5, 5.41) is 21.2. The lowest BCUT2D eigenvalue weighted by Gasteiger charge is -2.41. The summed E-state index contributed by atoms with van der Waals surface area (Å²) in [6, 6.07) is -12.5. The van der Waals surface area contributed by atoms with E-state index >= 15 is 28.8 Å². The van der Waals surface area contributed by atoms with Gasteiger partial charge in [-0.1, -0.05) is 83.1 Å². The second-order valence-corrected chi connectivity index (χ2v) is 29.7. The Morgan fingerprint density at radius 2 is 0.989 bits per heavy atom. The molecular weight excluding hydrogens is 1190 g/mol. The Balaban J connectivity index is 3.09. The van der Waals surface area contributed by atoms with Crippen LogP contribution < -0.4 is 21.3 Å². The van der Waals surface area contributed by atoms with Gasteiger partial charge < -0.3 is 70.3 Å². The minimum Gasteiger partial charge on any atom is -0.390 e. The fraction of sp³-hybridized carbons (Fsp3) is 0.831. The molecule has 0 bridgehead atoms. The van der Waals surface area contributed by atoms with Crippen molar-refractivity contribution in [1.29, 1.82) is 0 Å². The van der Waals surface area contributed by atoms with Crippen molar-refractivity contribution in [3.05, 3.63) is 0 Å². The predicted molar refractivity (Wildman–Crippen MR) is 353 cm³/mol. The van der Waals surface area contributed by atoms with Gasteiger partial charge >= 0.3 is 0 Å². The highest BCUT2D eigenvalue weighted by molar-refractivity contribution is 8.00. The van der Waals surface area contributed by atoms with Crippen LogP contribution in [0.15, 0.2) is 0 Å². The Morgan fingerprint density at radius 3 is 1.44 bits per heavy atom. The maximum atomic E-state index is 15.4. The summed E-state index contributed by atoms with van der Waals surface area (Å²) in [6.07, 6.45) is -0.487. The van der Waals surface area contributed by atoms with Crippen molar-refractivity contribution >= 4 is 76.7 Å². The van der Waals surface area contributed by atoms with Crippen molar-refractivity contribution in [3.8, 4) is 0 Å². The highest BCUT2D eigenvalue weighted by atomic mass is 32.2.